The summed E-state index contributed by atoms with van der Waals surface area (Å²) in [6.45, 7) is 0. The number of imidazole rings is 2. The van der Waals surface area contributed by atoms with Gasteiger partial charge in [0.15, 0.2) is 0 Å². The van der Waals surface area contributed by atoms with Gasteiger partial charge in [-0.3, -0.25) is 0 Å². The van der Waals surface area contributed by atoms with E-state index in [2.05, 4.69) is 52.2 Å². The van der Waals surface area contributed by atoms with Gasteiger partial charge in [0.2, 0.25) is 0 Å². The van der Waals surface area contributed by atoms with Crippen LogP contribution in [0.3, 0.4) is 0 Å². The van der Waals surface area contributed by atoms with Gasteiger partial charge < -0.3 is 4.57 Å². The molecule has 92 valence electrons. The molecule has 0 spiro atoms. The van der Waals surface area contributed by atoms with Crippen LogP contribution in [0.4, 0.5) is 0 Å². The molecule has 2 aromatic rings. The maximum Gasteiger partial charge on any atom is 0.255 e. The molecule has 0 N–H and O–H groups in total. The summed E-state index contributed by atoms with van der Waals surface area (Å²) in [7, 11) is 6.27. The fraction of sp³-hybridized carbons (Fsp3) is 0.538. The highest BCUT2D eigenvalue weighted by Crippen LogP contribution is 2.05. The van der Waals surface area contributed by atoms with E-state index < -0.39 is 0 Å². The van der Waals surface area contributed by atoms with Gasteiger partial charge in [0.1, 0.15) is 18.2 Å². The minimum atomic E-state index is 1.07. The Balaban J connectivity index is 1.79. The maximum absolute atomic E-state index is 4.34. The second-order valence-corrected chi connectivity index (χ2v) is 4.60. The van der Waals surface area contributed by atoms with Crippen LogP contribution in [-0.4, -0.2) is 14.1 Å². The lowest BCUT2D eigenvalue weighted by atomic mass is 10.2. The molecule has 4 heteroatoms. The van der Waals surface area contributed by atoms with Crippen molar-refractivity contribution in [3.63, 3.8) is 0 Å². The van der Waals surface area contributed by atoms with Crippen LogP contribution in [0.2, 0.25) is 0 Å². The van der Waals surface area contributed by atoms with Gasteiger partial charge in [-0.1, -0.05) is 0 Å². The van der Waals surface area contributed by atoms with Crippen LogP contribution in [0.1, 0.15) is 24.5 Å². The van der Waals surface area contributed by atoms with Crippen molar-refractivity contribution in [2.75, 3.05) is 0 Å². The van der Waals surface area contributed by atoms with E-state index in [1.807, 2.05) is 12.4 Å². The summed E-state index contributed by atoms with van der Waals surface area (Å²) in [6, 6.07) is 0. The van der Waals surface area contributed by atoms with E-state index in [0.29, 0.717) is 0 Å². The topological polar surface area (TPSA) is 26.6 Å². The molecule has 0 saturated heterocycles. The number of rotatable bonds is 5. The van der Waals surface area contributed by atoms with Gasteiger partial charge >= 0.3 is 0 Å². The highest BCUT2D eigenvalue weighted by molar-refractivity contribution is 4.91. The van der Waals surface area contributed by atoms with Crippen LogP contribution in [0.15, 0.2) is 24.8 Å². The fourth-order valence-corrected chi connectivity index (χ4v) is 2.18. The maximum atomic E-state index is 4.34. The Morgan fingerprint density at radius 1 is 1.12 bits per heavy atom. The third kappa shape index (κ3) is 2.75. The van der Waals surface area contributed by atoms with Crippen LogP contribution in [-0.2, 0) is 34.0 Å². The summed E-state index contributed by atoms with van der Waals surface area (Å²) < 4.78 is 6.49. The molecule has 0 bridgehead atoms. The van der Waals surface area contributed by atoms with Crippen LogP contribution in [0.5, 0.6) is 0 Å². The van der Waals surface area contributed by atoms with Gasteiger partial charge in [-0.05, 0) is 12.8 Å². The number of hydrogen-bond donors (Lipinski definition) is 0. The van der Waals surface area contributed by atoms with Crippen molar-refractivity contribution in [1.82, 2.24) is 14.1 Å². The van der Waals surface area contributed by atoms with E-state index >= 15 is 0 Å². The number of aryl methyl sites for hydroxylation is 4. The Morgan fingerprint density at radius 3 is 2.47 bits per heavy atom. The van der Waals surface area contributed by atoms with Crippen LogP contribution < -0.4 is 4.57 Å². The molecule has 0 radical (unpaired) electrons. The molecule has 0 saturated carbocycles. The van der Waals surface area contributed by atoms with Gasteiger partial charge in [-0.15, -0.1) is 0 Å². The highest BCUT2D eigenvalue weighted by Gasteiger charge is 2.10. The Morgan fingerprint density at radius 2 is 1.88 bits per heavy atom. The second-order valence-electron chi connectivity index (χ2n) is 4.60. The molecule has 0 aliphatic carbocycles. The zero-order chi connectivity index (χ0) is 12.3. The lowest BCUT2D eigenvalue weighted by Gasteiger charge is -2.01. The van der Waals surface area contributed by atoms with E-state index in [9.17, 15) is 0 Å². The summed E-state index contributed by atoms with van der Waals surface area (Å²) in [5.41, 5.74) is 0. The van der Waals surface area contributed by atoms with E-state index in [-0.39, 0.29) is 0 Å². The van der Waals surface area contributed by atoms with Crippen molar-refractivity contribution in [1.29, 1.82) is 0 Å². The monoisotopic (exact) mass is 233 g/mol. The molecule has 0 amide bonds. The quantitative estimate of drug-likeness (QED) is 0.562. The zero-order valence-electron chi connectivity index (χ0n) is 10.9. The van der Waals surface area contributed by atoms with Crippen LogP contribution in [0, 0.1) is 0 Å². The lowest BCUT2D eigenvalue weighted by molar-refractivity contribution is -0.678. The molecular formula is C13H21N4+. The lowest BCUT2D eigenvalue weighted by Crippen LogP contribution is -2.31. The predicted octanol–water partition coefficient (Wildman–Crippen LogP) is 1.15. The number of aromatic nitrogens is 4. The normalized spacial score (nSPS) is 11.0. The predicted molar refractivity (Wildman–Crippen MR) is 66.4 cm³/mol. The average molecular weight is 233 g/mol. The molecule has 0 fully saturated rings. The molecule has 0 unspecified atom stereocenters. The van der Waals surface area contributed by atoms with Gasteiger partial charge in [-0.2, -0.15) is 0 Å². The largest absolute Gasteiger partial charge is 0.338 e. The first-order valence-electron chi connectivity index (χ1n) is 6.14. The van der Waals surface area contributed by atoms with Gasteiger partial charge in [-0.25, -0.2) is 14.1 Å². The minimum absolute atomic E-state index is 1.07. The first kappa shape index (κ1) is 11.9. The molecule has 0 aliphatic rings. The summed E-state index contributed by atoms with van der Waals surface area (Å²) in [4.78, 5) is 4.34. The van der Waals surface area contributed by atoms with Crippen LogP contribution >= 0.6 is 0 Å². The van der Waals surface area contributed by atoms with Crippen molar-refractivity contribution in [2.45, 2.75) is 25.7 Å². The molecule has 0 aliphatic heterocycles. The molecule has 2 rings (SSSR count). The smallest absolute Gasteiger partial charge is 0.255 e. The molecule has 2 aromatic heterocycles. The summed E-state index contributed by atoms with van der Waals surface area (Å²) in [6.07, 6.45) is 12.7. The molecule has 17 heavy (non-hydrogen) atoms. The Bertz CT molecular complexity index is 462. The third-order valence-electron chi connectivity index (χ3n) is 3.30. The van der Waals surface area contributed by atoms with Crippen molar-refractivity contribution in [3.05, 3.63) is 36.4 Å². The Labute approximate surface area is 103 Å². The van der Waals surface area contributed by atoms with E-state index in [4.69, 9.17) is 0 Å². The van der Waals surface area contributed by atoms with Gasteiger partial charge in [0, 0.05) is 32.3 Å². The van der Waals surface area contributed by atoms with Crippen molar-refractivity contribution < 1.29 is 4.57 Å². The average Bonchev–Trinajstić information content (AvgIpc) is 2.84. The van der Waals surface area contributed by atoms with E-state index in [1.54, 1.807) is 0 Å². The van der Waals surface area contributed by atoms with Crippen molar-refractivity contribution >= 4 is 0 Å². The Kier molecular flexibility index (Phi) is 3.61. The first-order valence-corrected chi connectivity index (χ1v) is 6.14. The van der Waals surface area contributed by atoms with E-state index in [0.717, 1.165) is 12.8 Å². The molecule has 0 atom stereocenters. The van der Waals surface area contributed by atoms with Crippen molar-refractivity contribution in [3.8, 4) is 0 Å². The summed E-state index contributed by atoms with van der Waals surface area (Å²) in [5, 5.41) is 0. The molecule has 2 heterocycles. The molecular weight excluding hydrogens is 212 g/mol. The van der Waals surface area contributed by atoms with Gasteiger partial charge in [0.05, 0.1) is 14.1 Å². The van der Waals surface area contributed by atoms with Gasteiger partial charge in [0.25, 0.3) is 5.82 Å². The zero-order valence-corrected chi connectivity index (χ0v) is 10.9. The number of hydrogen-bond acceptors (Lipinski definition) is 1. The SMILES string of the molecule is Cn1ccnc1CCCCc1n(C)cc[n+]1C. The first-order chi connectivity index (χ1) is 8.18. The third-order valence-corrected chi connectivity index (χ3v) is 3.30. The number of nitrogens with zero attached hydrogens (tertiary/aromatic N) is 4. The summed E-state index contributed by atoms with van der Waals surface area (Å²) >= 11 is 0. The summed E-state index contributed by atoms with van der Waals surface area (Å²) in [5.74, 6) is 2.56. The second kappa shape index (κ2) is 5.17. The molecule has 4 nitrogen and oxygen atoms in total. The Hall–Kier alpha value is -1.58. The highest BCUT2D eigenvalue weighted by atomic mass is 15.1. The fourth-order valence-electron chi connectivity index (χ4n) is 2.18. The minimum Gasteiger partial charge on any atom is -0.338 e. The van der Waals surface area contributed by atoms with Crippen molar-refractivity contribution in [2.24, 2.45) is 21.1 Å². The number of unbranched alkanes of at least 4 members (excludes halogenated alkanes) is 1. The van der Waals surface area contributed by atoms with Crippen LogP contribution in [0.25, 0.3) is 0 Å². The van der Waals surface area contributed by atoms with E-state index in [1.165, 1.54) is 24.5 Å². The standard InChI is InChI=1S/C13H21N4/c1-15-9-8-14-12(15)6-4-5-7-13-16(2)10-11-17(13)3/h8-11H,4-7H2,1-3H3/q+1. The molecule has 0 aromatic carbocycles.